The van der Waals surface area contributed by atoms with E-state index in [9.17, 15) is 5.11 Å². The molecule has 1 fully saturated rings. The Hall–Kier alpha value is -1.62. The van der Waals surface area contributed by atoms with Crippen molar-refractivity contribution in [3.8, 4) is 0 Å². The van der Waals surface area contributed by atoms with Crippen LogP contribution in [-0.2, 0) is 0 Å². The molecule has 3 N–H and O–H groups in total. The molecule has 5 nitrogen and oxygen atoms in total. The minimum absolute atomic E-state index is 0.123. The van der Waals surface area contributed by atoms with Crippen LogP contribution < -0.4 is 5.32 Å². The fraction of sp³-hybridized carbons (Fsp3) is 0.538. The standard InChI is InChI=1S/C13H18N4O/c1-8-12-11(17-16-8)6-7-14-13(12)15-9-2-4-10(18)5-3-9/h6-7,9-10,18H,2-5H2,1H3,(H,14,15)(H,16,17). The number of aliphatic hydroxyl groups excluding tert-OH is 1. The molecule has 3 rings (SSSR count). The lowest BCUT2D eigenvalue weighted by Gasteiger charge is -2.26. The van der Waals surface area contributed by atoms with Crippen molar-refractivity contribution in [2.45, 2.75) is 44.8 Å². The predicted molar refractivity (Wildman–Crippen MR) is 70.5 cm³/mol. The van der Waals surface area contributed by atoms with Crippen molar-refractivity contribution in [3.05, 3.63) is 18.0 Å². The molecule has 0 aromatic carbocycles. The Labute approximate surface area is 106 Å². The number of pyridine rings is 1. The van der Waals surface area contributed by atoms with Crippen molar-refractivity contribution in [3.63, 3.8) is 0 Å². The fourth-order valence-electron chi connectivity index (χ4n) is 2.64. The van der Waals surface area contributed by atoms with Gasteiger partial charge in [-0.1, -0.05) is 0 Å². The molecular formula is C13H18N4O. The highest BCUT2D eigenvalue weighted by molar-refractivity contribution is 5.91. The topological polar surface area (TPSA) is 73.8 Å². The number of nitrogens with one attached hydrogen (secondary N) is 2. The first kappa shape index (κ1) is 11.5. The molecule has 0 radical (unpaired) electrons. The van der Waals surface area contributed by atoms with E-state index in [1.807, 2.05) is 13.0 Å². The number of aromatic nitrogens is 3. The Kier molecular flexibility index (Phi) is 2.91. The summed E-state index contributed by atoms with van der Waals surface area (Å²) in [5.41, 5.74) is 1.98. The van der Waals surface area contributed by atoms with Gasteiger partial charge in [0.15, 0.2) is 0 Å². The van der Waals surface area contributed by atoms with E-state index in [4.69, 9.17) is 0 Å². The lowest BCUT2D eigenvalue weighted by molar-refractivity contribution is 0.126. The highest BCUT2D eigenvalue weighted by Crippen LogP contribution is 2.26. The largest absolute Gasteiger partial charge is 0.393 e. The monoisotopic (exact) mass is 246 g/mol. The normalized spacial score (nSPS) is 24.3. The van der Waals surface area contributed by atoms with E-state index < -0.39 is 0 Å². The van der Waals surface area contributed by atoms with Crippen LogP contribution in [0.3, 0.4) is 0 Å². The van der Waals surface area contributed by atoms with Gasteiger partial charge in [-0.2, -0.15) is 5.10 Å². The first-order chi connectivity index (χ1) is 8.74. The second kappa shape index (κ2) is 4.57. The van der Waals surface area contributed by atoms with Gasteiger partial charge in [-0.3, -0.25) is 5.10 Å². The summed E-state index contributed by atoms with van der Waals surface area (Å²) in [5.74, 6) is 0.903. The molecule has 5 heteroatoms. The summed E-state index contributed by atoms with van der Waals surface area (Å²) in [4.78, 5) is 4.42. The van der Waals surface area contributed by atoms with Gasteiger partial charge in [0.25, 0.3) is 0 Å². The third-order valence-corrected chi connectivity index (χ3v) is 3.69. The van der Waals surface area contributed by atoms with Crippen LogP contribution >= 0.6 is 0 Å². The summed E-state index contributed by atoms with van der Waals surface area (Å²) < 4.78 is 0. The molecule has 2 heterocycles. The fourth-order valence-corrected chi connectivity index (χ4v) is 2.64. The number of hydrogen-bond donors (Lipinski definition) is 3. The van der Waals surface area contributed by atoms with Crippen LogP contribution in [0.4, 0.5) is 5.82 Å². The minimum Gasteiger partial charge on any atom is -0.393 e. The van der Waals surface area contributed by atoms with Crippen LogP contribution in [0.5, 0.6) is 0 Å². The zero-order valence-electron chi connectivity index (χ0n) is 10.5. The number of hydrogen-bond acceptors (Lipinski definition) is 4. The van der Waals surface area contributed by atoms with Crippen molar-refractivity contribution < 1.29 is 5.11 Å². The molecule has 1 saturated carbocycles. The van der Waals surface area contributed by atoms with Gasteiger partial charge in [-0.15, -0.1) is 0 Å². The third-order valence-electron chi connectivity index (χ3n) is 3.69. The summed E-state index contributed by atoms with van der Waals surface area (Å²) >= 11 is 0. The Morgan fingerprint density at radius 3 is 2.89 bits per heavy atom. The Morgan fingerprint density at radius 2 is 2.11 bits per heavy atom. The molecule has 0 unspecified atom stereocenters. The molecule has 0 saturated heterocycles. The molecule has 1 aliphatic rings. The SMILES string of the molecule is Cc1n[nH]c2ccnc(NC3CCC(O)CC3)c12. The minimum atomic E-state index is -0.123. The van der Waals surface area contributed by atoms with Gasteiger partial charge in [0.2, 0.25) is 0 Å². The van der Waals surface area contributed by atoms with Crippen LogP contribution in [0, 0.1) is 6.92 Å². The van der Waals surface area contributed by atoms with Gasteiger partial charge in [-0.25, -0.2) is 4.98 Å². The van der Waals surface area contributed by atoms with Gasteiger partial charge < -0.3 is 10.4 Å². The van der Waals surface area contributed by atoms with E-state index in [1.54, 1.807) is 6.20 Å². The number of aryl methyl sites for hydroxylation is 1. The Bertz CT molecular complexity index is 543. The summed E-state index contributed by atoms with van der Waals surface area (Å²) in [6, 6.07) is 2.34. The van der Waals surface area contributed by atoms with Crippen molar-refractivity contribution in [1.29, 1.82) is 0 Å². The summed E-state index contributed by atoms with van der Waals surface area (Å²) in [6.45, 7) is 1.98. The number of aromatic amines is 1. The molecular weight excluding hydrogens is 228 g/mol. The average molecular weight is 246 g/mol. The average Bonchev–Trinajstić information content (AvgIpc) is 2.75. The Balaban J connectivity index is 1.84. The molecule has 0 aliphatic heterocycles. The number of rotatable bonds is 2. The molecule has 0 spiro atoms. The van der Waals surface area contributed by atoms with E-state index >= 15 is 0 Å². The first-order valence-corrected chi connectivity index (χ1v) is 6.48. The Morgan fingerprint density at radius 1 is 1.33 bits per heavy atom. The third kappa shape index (κ3) is 2.06. The second-order valence-electron chi connectivity index (χ2n) is 5.04. The highest BCUT2D eigenvalue weighted by Gasteiger charge is 2.20. The van der Waals surface area contributed by atoms with Crippen molar-refractivity contribution in [2.75, 3.05) is 5.32 Å². The van der Waals surface area contributed by atoms with Crippen molar-refractivity contribution in [2.24, 2.45) is 0 Å². The quantitative estimate of drug-likeness (QED) is 0.757. The molecule has 0 atom stereocenters. The van der Waals surface area contributed by atoms with E-state index in [2.05, 4.69) is 20.5 Å². The van der Waals surface area contributed by atoms with Gasteiger partial charge in [-0.05, 0) is 38.7 Å². The number of fused-ring (bicyclic) bond motifs is 1. The second-order valence-corrected chi connectivity index (χ2v) is 5.04. The van der Waals surface area contributed by atoms with Crippen LogP contribution in [-0.4, -0.2) is 32.4 Å². The molecule has 2 aromatic rings. The highest BCUT2D eigenvalue weighted by atomic mass is 16.3. The summed E-state index contributed by atoms with van der Waals surface area (Å²) in [5, 5.41) is 21.3. The van der Waals surface area contributed by atoms with Gasteiger partial charge in [0.1, 0.15) is 5.82 Å². The zero-order chi connectivity index (χ0) is 12.5. The maximum absolute atomic E-state index is 9.52. The number of nitrogens with zero attached hydrogens (tertiary/aromatic N) is 2. The number of H-pyrrole nitrogens is 1. The summed E-state index contributed by atoms with van der Waals surface area (Å²) in [6.07, 6.45) is 5.41. The number of aliphatic hydroxyl groups is 1. The van der Waals surface area contributed by atoms with Crippen LogP contribution in [0.25, 0.3) is 10.9 Å². The van der Waals surface area contributed by atoms with E-state index in [-0.39, 0.29) is 6.10 Å². The van der Waals surface area contributed by atoms with Crippen LogP contribution in [0.15, 0.2) is 12.3 Å². The molecule has 18 heavy (non-hydrogen) atoms. The van der Waals surface area contributed by atoms with Crippen LogP contribution in [0.2, 0.25) is 0 Å². The molecule has 1 aliphatic carbocycles. The maximum atomic E-state index is 9.52. The van der Waals surface area contributed by atoms with Gasteiger partial charge in [0.05, 0.1) is 22.7 Å². The van der Waals surface area contributed by atoms with Crippen molar-refractivity contribution in [1.82, 2.24) is 15.2 Å². The molecule has 2 aromatic heterocycles. The zero-order valence-corrected chi connectivity index (χ0v) is 10.5. The lowest BCUT2D eigenvalue weighted by atomic mass is 9.93. The lowest BCUT2D eigenvalue weighted by Crippen LogP contribution is -2.28. The molecule has 0 amide bonds. The van der Waals surface area contributed by atoms with E-state index in [1.165, 1.54) is 0 Å². The predicted octanol–water partition coefficient (Wildman–Crippen LogP) is 1.98. The maximum Gasteiger partial charge on any atom is 0.137 e. The first-order valence-electron chi connectivity index (χ1n) is 6.48. The van der Waals surface area contributed by atoms with Gasteiger partial charge >= 0.3 is 0 Å². The van der Waals surface area contributed by atoms with Crippen molar-refractivity contribution >= 4 is 16.7 Å². The molecule has 0 bridgehead atoms. The van der Waals surface area contributed by atoms with Crippen LogP contribution in [0.1, 0.15) is 31.4 Å². The molecule has 96 valence electrons. The smallest absolute Gasteiger partial charge is 0.137 e. The summed E-state index contributed by atoms with van der Waals surface area (Å²) in [7, 11) is 0. The van der Waals surface area contributed by atoms with Gasteiger partial charge in [0, 0.05) is 12.2 Å². The number of anilines is 1. The van der Waals surface area contributed by atoms with E-state index in [0.29, 0.717) is 6.04 Å². The van der Waals surface area contributed by atoms with E-state index in [0.717, 1.165) is 48.1 Å².